The highest BCUT2D eigenvalue weighted by molar-refractivity contribution is 5.66. The zero-order chi connectivity index (χ0) is 18.2. The van der Waals surface area contributed by atoms with E-state index in [9.17, 15) is 4.79 Å². The summed E-state index contributed by atoms with van der Waals surface area (Å²) in [6, 6.07) is 14.1. The molecule has 2 heterocycles. The van der Waals surface area contributed by atoms with Crippen molar-refractivity contribution in [3.05, 3.63) is 66.0 Å². The van der Waals surface area contributed by atoms with Gasteiger partial charge >= 0.3 is 5.97 Å². The summed E-state index contributed by atoms with van der Waals surface area (Å²) in [5, 5.41) is 0. The zero-order valence-corrected chi connectivity index (χ0v) is 15.1. The third-order valence-corrected chi connectivity index (χ3v) is 4.58. The van der Waals surface area contributed by atoms with Gasteiger partial charge in [-0.15, -0.1) is 0 Å². The Morgan fingerprint density at radius 2 is 2.12 bits per heavy atom. The number of rotatable bonds is 4. The molecule has 1 aromatic heterocycles. The van der Waals surface area contributed by atoms with Crippen molar-refractivity contribution in [2.75, 3.05) is 13.1 Å². The number of ether oxygens (including phenoxy) is 1. The highest BCUT2D eigenvalue weighted by Gasteiger charge is 2.23. The van der Waals surface area contributed by atoms with Crippen LogP contribution >= 0.6 is 0 Å². The normalized spacial score (nSPS) is 18.4. The molecule has 2 aromatic rings. The van der Waals surface area contributed by atoms with Crippen LogP contribution in [-0.4, -0.2) is 28.9 Å². The maximum Gasteiger partial charge on any atom is 0.304 e. The first-order valence-corrected chi connectivity index (χ1v) is 9.08. The highest BCUT2D eigenvalue weighted by atomic mass is 16.5. The van der Waals surface area contributed by atoms with Crippen LogP contribution in [0.15, 0.2) is 54.9 Å². The van der Waals surface area contributed by atoms with E-state index in [0.29, 0.717) is 12.6 Å². The van der Waals surface area contributed by atoms with Gasteiger partial charge in [-0.3, -0.25) is 14.7 Å². The van der Waals surface area contributed by atoms with E-state index < -0.39 is 6.10 Å². The summed E-state index contributed by atoms with van der Waals surface area (Å²) < 4.78 is 5.40. The second kappa shape index (κ2) is 9.17. The standard InChI is InChI=1S/C22H24N2O2/c1-18(25)26-22(19-9-3-2-4-10-19)13-8-16-24-15-6-5-12-21(24)20-11-7-14-23-17-20/h2-4,7,9-11,14,17,21-22H,5-6,12,15-16H2,1H3/t21-,22-/m0/s1. The lowest BCUT2D eigenvalue weighted by molar-refractivity contribution is -0.144. The predicted octanol–water partition coefficient (Wildman–Crippen LogP) is 3.92. The van der Waals surface area contributed by atoms with Gasteiger partial charge in [-0.05, 0) is 31.0 Å². The summed E-state index contributed by atoms with van der Waals surface area (Å²) in [6.45, 7) is 3.10. The molecule has 4 heteroatoms. The van der Waals surface area contributed by atoms with Crippen LogP contribution in [0.2, 0.25) is 0 Å². The minimum atomic E-state index is -0.518. The third-order valence-electron chi connectivity index (χ3n) is 4.58. The molecule has 1 fully saturated rings. The van der Waals surface area contributed by atoms with Gasteiger partial charge in [0.1, 0.15) is 0 Å². The summed E-state index contributed by atoms with van der Waals surface area (Å²) in [6.07, 6.45) is 6.77. The van der Waals surface area contributed by atoms with Crippen molar-refractivity contribution in [2.45, 2.75) is 38.3 Å². The quantitative estimate of drug-likeness (QED) is 0.620. The Labute approximate surface area is 155 Å². The summed E-state index contributed by atoms with van der Waals surface area (Å²) in [4.78, 5) is 18.1. The molecule has 0 unspecified atom stereocenters. The van der Waals surface area contributed by atoms with Crippen LogP contribution in [0.3, 0.4) is 0 Å². The van der Waals surface area contributed by atoms with Crippen molar-refractivity contribution in [2.24, 2.45) is 0 Å². The molecule has 0 spiro atoms. The number of piperidine rings is 1. The Bertz CT molecular complexity index is 765. The molecule has 1 aliphatic rings. The average Bonchev–Trinajstić information content (AvgIpc) is 2.69. The lowest BCUT2D eigenvalue weighted by atomic mass is 9.96. The zero-order valence-electron chi connectivity index (χ0n) is 15.1. The maximum absolute atomic E-state index is 11.4. The number of carbonyl (C=O) groups is 1. The average molecular weight is 348 g/mol. The van der Waals surface area contributed by atoms with E-state index in [1.807, 2.05) is 42.6 Å². The van der Waals surface area contributed by atoms with Crippen molar-refractivity contribution in [3.8, 4) is 11.8 Å². The molecule has 134 valence electrons. The van der Waals surface area contributed by atoms with Gasteiger partial charge in [0.2, 0.25) is 0 Å². The molecule has 1 aromatic carbocycles. The minimum Gasteiger partial charge on any atom is -0.444 e. The van der Waals surface area contributed by atoms with Gasteiger partial charge in [0.05, 0.1) is 6.54 Å². The predicted molar refractivity (Wildman–Crippen MR) is 101 cm³/mol. The van der Waals surface area contributed by atoms with E-state index in [2.05, 4.69) is 27.8 Å². The van der Waals surface area contributed by atoms with E-state index >= 15 is 0 Å². The lowest BCUT2D eigenvalue weighted by Gasteiger charge is -2.34. The molecular weight excluding hydrogens is 324 g/mol. The van der Waals surface area contributed by atoms with Crippen LogP contribution in [0.4, 0.5) is 0 Å². The SMILES string of the molecule is CC(=O)O[C@@H](C#CCN1CCCC[C@H]1c1cccnc1)c1ccccc1. The van der Waals surface area contributed by atoms with Crippen LogP contribution in [-0.2, 0) is 9.53 Å². The fourth-order valence-corrected chi connectivity index (χ4v) is 3.35. The van der Waals surface area contributed by atoms with Gasteiger partial charge in [0, 0.05) is 30.9 Å². The number of pyridine rings is 1. The molecule has 0 aliphatic carbocycles. The van der Waals surface area contributed by atoms with Crippen LogP contribution in [0.5, 0.6) is 0 Å². The molecule has 4 nitrogen and oxygen atoms in total. The molecule has 2 atom stereocenters. The van der Waals surface area contributed by atoms with E-state index in [0.717, 1.165) is 18.5 Å². The minimum absolute atomic E-state index is 0.320. The van der Waals surface area contributed by atoms with Gasteiger partial charge in [-0.2, -0.15) is 0 Å². The molecule has 26 heavy (non-hydrogen) atoms. The molecule has 0 saturated carbocycles. The molecule has 3 rings (SSSR count). The number of benzene rings is 1. The number of hydrogen-bond acceptors (Lipinski definition) is 4. The lowest BCUT2D eigenvalue weighted by Crippen LogP contribution is -2.33. The number of nitrogens with zero attached hydrogens (tertiary/aromatic N) is 2. The Balaban J connectivity index is 1.72. The van der Waals surface area contributed by atoms with Gasteiger partial charge in [0.15, 0.2) is 6.10 Å². The van der Waals surface area contributed by atoms with E-state index in [4.69, 9.17) is 4.74 Å². The van der Waals surface area contributed by atoms with Crippen LogP contribution < -0.4 is 0 Å². The number of esters is 1. The molecule has 1 aliphatic heterocycles. The van der Waals surface area contributed by atoms with E-state index in [1.54, 1.807) is 6.20 Å². The van der Waals surface area contributed by atoms with Crippen molar-refractivity contribution in [1.82, 2.24) is 9.88 Å². The van der Waals surface area contributed by atoms with Gasteiger partial charge in [0.25, 0.3) is 0 Å². The first kappa shape index (κ1) is 18.2. The highest BCUT2D eigenvalue weighted by Crippen LogP contribution is 2.29. The number of likely N-dealkylation sites (tertiary alicyclic amines) is 1. The first-order chi connectivity index (χ1) is 12.7. The molecule has 0 radical (unpaired) electrons. The van der Waals surface area contributed by atoms with Crippen molar-refractivity contribution < 1.29 is 9.53 Å². The number of aromatic nitrogens is 1. The first-order valence-electron chi connectivity index (χ1n) is 9.08. The second-order valence-electron chi connectivity index (χ2n) is 6.49. The fourth-order valence-electron chi connectivity index (χ4n) is 3.35. The largest absolute Gasteiger partial charge is 0.444 e. The molecule has 0 N–H and O–H groups in total. The monoisotopic (exact) mass is 348 g/mol. The summed E-state index contributed by atoms with van der Waals surface area (Å²) in [5.74, 6) is 6.05. The van der Waals surface area contributed by atoms with Crippen LogP contribution in [0.25, 0.3) is 0 Å². The smallest absolute Gasteiger partial charge is 0.304 e. The van der Waals surface area contributed by atoms with Crippen molar-refractivity contribution in [3.63, 3.8) is 0 Å². The van der Waals surface area contributed by atoms with E-state index in [1.165, 1.54) is 25.3 Å². The second-order valence-corrected chi connectivity index (χ2v) is 6.49. The Hall–Kier alpha value is -2.64. The molecular formula is C22H24N2O2. The third kappa shape index (κ3) is 4.93. The molecule has 0 amide bonds. The van der Waals surface area contributed by atoms with E-state index in [-0.39, 0.29) is 5.97 Å². The summed E-state index contributed by atoms with van der Waals surface area (Å²) >= 11 is 0. The Morgan fingerprint density at radius 3 is 2.85 bits per heavy atom. The summed E-state index contributed by atoms with van der Waals surface area (Å²) in [7, 11) is 0. The summed E-state index contributed by atoms with van der Waals surface area (Å²) in [5.41, 5.74) is 2.14. The van der Waals surface area contributed by atoms with Crippen molar-refractivity contribution in [1.29, 1.82) is 0 Å². The van der Waals surface area contributed by atoms with Gasteiger partial charge in [-0.1, -0.05) is 54.7 Å². The molecule has 1 saturated heterocycles. The Morgan fingerprint density at radius 1 is 1.27 bits per heavy atom. The van der Waals surface area contributed by atoms with Gasteiger partial charge < -0.3 is 4.74 Å². The van der Waals surface area contributed by atoms with Crippen LogP contribution in [0, 0.1) is 11.8 Å². The number of hydrogen-bond donors (Lipinski definition) is 0. The topological polar surface area (TPSA) is 42.4 Å². The fraction of sp³-hybridized carbons (Fsp3) is 0.364. The molecule has 0 bridgehead atoms. The van der Waals surface area contributed by atoms with Gasteiger partial charge in [-0.25, -0.2) is 0 Å². The van der Waals surface area contributed by atoms with Crippen molar-refractivity contribution >= 4 is 5.97 Å². The Kier molecular flexibility index (Phi) is 6.40. The number of carbonyl (C=O) groups excluding carboxylic acids is 1. The maximum atomic E-state index is 11.4. The van der Waals surface area contributed by atoms with Crippen LogP contribution in [0.1, 0.15) is 49.5 Å².